The van der Waals surface area contributed by atoms with Gasteiger partial charge < -0.3 is 5.11 Å². The molecule has 0 saturated carbocycles. The van der Waals surface area contributed by atoms with Crippen LogP contribution in [0.3, 0.4) is 0 Å². The fraction of sp³-hybridized carbons (Fsp3) is 0.647. The van der Waals surface area contributed by atoms with Gasteiger partial charge in [0.25, 0.3) is 0 Å². The van der Waals surface area contributed by atoms with E-state index in [4.69, 9.17) is 0 Å². The molecule has 0 amide bonds. The Morgan fingerprint density at radius 3 is 2.53 bits per heavy atom. The van der Waals surface area contributed by atoms with Crippen LogP contribution in [0.25, 0.3) is 0 Å². The number of nitrogens with zero attached hydrogens (tertiary/aromatic N) is 1. The molecule has 1 unspecified atom stereocenters. The van der Waals surface area contributed by atoms with E-state index in [1.165, 1.54) is 24.8 Å². The maximum Gasteiger partial charge on any atom is 0.120 e. The molecule has 1 atom stereocenters. The Kier molecular flexibility index (Phi) is 4.19. The second-order valence-electron chi connectivity index (χ2n) is 6.44. The molecule has 0 aliphatic carbocycles. The summed E-state index contributed by atoms with van der Waals surface area (Å²) in [5.74, 6) is 0.432. The molecule has 106 valence electrons. The van der Waals surface area contributed by atoms with Gasteiger partial charge in [-0.15, -0.1) is 0 Å². The summed E-state index contributed by atoms with van der Waals surface area (Å²) in [4.78, 5) is 2.51. The molecule has 0 spiro atoms. The minimum absolute atomic E-state index is 0.307. The molecule has 0 aromatic heterocycles. The molecule has 2 heteroatoms. The summed E-state index contributed by atoms with van der Waals surface area (Å²) >= 11 is 0. The van der Waals surface area contributed by atoms with Crippen molar-refractivity contribution in [2.24, 2.45) is 5.41 Å². The van der Waals surface area contributed by atoms with Crippen LogP contribution in [0.4, 0.5) is 0 Å². The van der Waals surface area contributed by atoms with E-state index in [9.17, 15) is 5.11 Å². The maximum absolute atomic E-state index is 10.1. The lowest BCUT2D eigenvalue weighted by Crippen LogP contribution is -2.39. The van der Waals surface area contributed by atoms with Crippen LogP contribution in [0.2, 0.25) is 0 Å². The predicted octanol–water partition coefficient (Wildman–Crippen LogP) is 4.27. The number of benzene rings is 1. The highest BCUT2D eigenvalue weighted by molar-refractivity contribution is 5.37. The van der Waals surface area contributed by atoms with Crippen molar-refractivity contribution < 1.29 is 5.11 Å². The fourth-order valence-corrected chi connectivity index (χ4v) is 3.01. The Labute approximate surface area is 117 Å². The Morgan fingerprint density at radius 1 is 1.32 bits per heavy atom. The molecule has 0 bridgehead atoms. The van der Waals surface area contributed by atoms with Crippen LogP contribution in [0.15, 0.2) is 18.2 Å². The molecule has 1 saturated heterocycles. The summed E-state index contributed by atoms with van der Waals surface area (Å²) in [6, 6.07) is 6.21. The van der Waals surface area contributed by atoms with Crippen molar-refractivity contribution in [1.82, 2.24) is 4.90 Å². The smallest absolute Gasteiger partial charge is 0.120 e. The second kappa shape index (κ2) is 5.54. The highest BCUT2D eigenvalue weighted by Gasteiger charge is 2.31. The lowest BCUT2D eigenvalue weighted by Gasteiger charge is -2.41. The van der Waals surface area contributed by atoms with Crippen LogP contribution in [0.1, 0.15) is 57.2 Å². The van der Waals surface area contributed by atoms with Gasteiger partial charge in [0.1, 0.15) is 5.75 Å². The number of aromatic hydroxyl groups is 1. The third-order valence-corrected chi connectivity index (χ3v) is 5.04. The Hall–Kier alpha value is -1.02. The zero-order valence-corrected chi connectivity index (χ0v) is 12.7. The van der Waals surface area contributed by atoms with E-state index in [0.29, 0.717) is 17.2 Å². The maximum atomic E-state index is 10.1. The van der Waals surface area contributed by atoms with E-state index < -0.39 is 0 Å². The van der Waals surface area contributed by atoms with Crippen molar-refractivity contribution in [2.75, 3.05) is 13.1 Å². The molecule has 2 nitrogen and oxygen atoms in total. The largest absolute Gasteiger partial charge is 0.508 e. The lowest BCUT2D eigenvalue weighted by molar-refractivity contribution is 0.0855. The Bertz CT molecular complexity index is 433. The van der Waals surface area contributed by atoms with E-state index in [1.807, 2.05) is 12.1 Å². The minimum atomic E-state index is 0.307. The first kappa shape index (κ1) is 14.4. The van der Waals surface area contributed by atoms with Crippen molar-refractivity contribution in [3.8, 4) is 5.75 Å². The average Bonchev–Trinajstić information content (AvgIpc) is 2.42. The molecule has 1 heterocycles. The topological polar surface area (TPSA) is 23.5 Å². The van der Waals surface area contributed by atoms with Gasteiger partial charge in [-0.1, -0.05) is 38.0 Å². The van der Waals surface area contributed by atoms with Crippen LogP contribution >= 0.6 is 0 Å². The molecule has 1 aliphatic heterocycles. The number of phenolic OH excluding ortho intramolecular Hbond substituents is 1. The van der Waals surface area contributed by atoms with Crippen LogP contribution in [-0.2, 0) is 0 Å². The standard InChI is InChI=1S/C17H27NO/c1-5-17(4)8-10-18(11-9-17)14(3)15-12-13(2)6-7-16(15)19/h6-7,12,14,19H,5,8-11H2,1-4H3. The highest BCUT2D eigenvalue weighted by Crippen LogP contribution is 2.38. The molecule has 1 aromatic carbocycles. The van der Waals surface area contributed by atoms with Gasteiger partial charge in [-0.05, 0) is 51.3 Å². The summed E-state index contributed by atoms with van der Waals surface area (Å²) in [5, 5.41) is 10.1. The summed E-state index contributed by atoms with van der Waals surface area (Å²) in [6.07, 6.45) is 3.80. The molecular formula is C17H27NO. The van der Waals surface area contributed by atoms with Gasteiger partial charge in [0.2, 0.25) is 0 Å². The summed E-state index contributed by atoms with van der Waals surface area (Å²) in [7, 11) is 0. The monoisotopic (exact) mass is 261 g/mol. The van der Waals surface area contributed by atoms with Gasteiger partial charge in [-0.3, -0.25) is 4.90 Å². The molecule has 1 aliphatic rings. The first-order valence-corrected chi connectivity index (χ1v) is 7.49. The number of piperidine rings is 1. The summed E-state index contributed by atoms with van der Waals surface area (Å²) < 4.78 is 0. The van der Waals surface area contributed by atoms with Gasteiger partial charge >= 0.3 is 0 Å². The van der Waals surface area contributed by atoms with Crippen LogP contribution in [0, 0.1) is 12.3 Å². The molecule has 1 fully saturated rings. The molecule has 1 aromatic rings. The highest BCUT2D eigenvalue weighted by atomic mass is 16.3. The van der Waals surface area contributed by atoms with Gasteiger partial charge in [-0.25, -0.2) is 0 Å². The lowest BCUT2D eigenvalue weighted by atomic mass is 9.78. The molecule has 1 N–H and O–H groups in total. The summed E-state index contributed by atoms with van der Waals surface area (Å²) in [5.41, 5.74) is 2.81. The van der Waals surface area contributed by atoms with Crippen LogP contribution < -0.4 is 0 Å². The van der Waals surface area contributed by atoms with Crippen molar-refractivity contribution in [3.63, 3.8) is 0 Å². The number of aryl methyl sites for hydroxylation is 1. The fourth-order valence-electron chi connectivity index (χ4n) is 3.01. The SMILES string of the molecule is CCC1(C)CCN(C(C)c2cc(C)ccc2O)CC1. The van der Waals surface area contributed by atoms with Crippen molar-refractivity contribution >= 4 is 0 Å². The Morgan fingerprint density at radius 2 is 1.95 bits per heavy atom. The van der Waals surface area contributed by atoms with Crippen molar-refractivity contribution in [2.45, 2.75) is 53.0 Å². The normalized spacial score (nSPS) is 21.3. The van der Waals surface area contributed by atoms with Gasteiger partial charge in [-0.2, -0.15) is 0 Å². The second-order valence-corrected chi connectivity index (χ2v) is 6.44. The van der Waals surface area contributed by atoms with E-state index >= 15 is 0 Å². The van der Waals surface area contributed by atoms with E-state index in [1.54, 1.807) is 0 Å². The van der Waals surface area contributed by atoms with Crippen molar-refractivity contribution in [1.29, 1.82) is 0 Å². The van der Waals surface area contributed by atoms with Gasteiger partial charge in [0, 0.05) is 11.6 Å². The number of likely N-dealkylation sites (tertiary alicyclic amines) is 1. The zero-order valence-electron chi connectivity index (χ0n) is 12.7. The number of hydrogen-bond acceptors (Lipinski definition) is 2. The van der Waals surface area contributed by atoms with Gasteiger partial charge in [0.05, 0.1) is 0 Å². The minimum Gasteiger partial charge on any atom is -0.508 e. The molecule has 0 radical (unpaired) electrons. The molecular weight excluding hydrogens is 234 g/mol. The van der Waals surface area contributed by atoms with Crippen molar-refractivity contribution in [3.05, 3.63) is 29.3 Å². The number of phenols is 1. The molecule has 2 rings (SSSR count). The van der Waals surface area contributed by atoms with Gasteiger partial charge in [0.15, 0.2) is 0 Å². The first-order chi connectivity index (χ1) is 8.95. The molecule has 19 heavy (non-hydrogen) atoms. The number of rotatable bonds is 3. The van der Waals surface area contributed by atoms with E-state index in [-0.39, 0.29) is 0 Å². The number of hydrogen-bond donors (Lipinski definition) is 1. The predicted molar refractivity (Wildman–Crippen MR) is 80.5 cm³/mol. The van der Waals surface area contributed by atoms with E-state index in [2.05, 4.69) is 38.7 Å². The average molecular weight is 261 g/mol. The third kappa shape index (κ3) is 3.11. The van der Waals surface area contributed by atoms with E-state index in [0.717, 1.165) is 18.7 Å². The zero-order chi connectivity index (χ0) is 14.0. The Balaban J connectivity index is 2.09. The quantitative estimate of drug-likeness (QED) is 0.878. The first-order valence-electron chi connectivity index (χ1n) is 7.49. The summed E-state index contributed by atoms with van der Waals surface area (Å²) in [6.45, 7) is 11.3. The van der Waals surface area contributed by atoms with Crippen LogP contribution in [-0.4, -0.2) is 23.1 Å². The van der Waals surface area contributed by atoms with Crippen LogP contribution in [0.5, 0.6) is 5.75 Å². The third-order valence-electron chi connectivity index (χ3n) is 5.04.